The van der Waals surface area contributed by atoms with E-state index in [-0.39, 0.29) is 18.4 Å². The minimum absolute atomic E-state index is 0.0181. The van der Waals surface area contributed by atoms with Crippen LogP contribution in [0, 0.1) is 6.92 Å². The number of benzene rings is 1. The molecule has 2 amide bonds. The Hall–Kier alpha value is -2.21. The summed E-state index contributed by atoms with van der Waals surface area (Å²) in [5, 5.41) is 5.03. The summed E-state index contributed by atoms with van der Waals surface area (Å²) < 4.78 is 0. The van der Waals surface area contributed by atoms with Gasteiger partial charge >= 0.3 is 0 Å². The van der Waals surface area contributed by atoms with Gasteiger partial charge in [0.25, 0.3) is 5.91 Å². The van der Waals surface area contributed by atoms with Crippen molar-refractivity contribution in [3.63, 3.8) is 0 Å². The molecule has 1 N–H and O–H groups in total. The van der Waals surface area contributed by atoms with E-state index in [0.717, 1.165) is 5.56 Å². The van der Waals surface area contributed by atoms with Gasteiger partial charge in [-0.15, -0.1) is 11.3 Å². The lowest BCUT2D eigenvalue weighted by Gasteiger charge is -2.35. The zero-order valence-electron chi connectivity index (χ0n) is 13.8. The van der Waals surface area contributed by atoms with Crippen molar-refractivity contribution in [1.82, 2.24) is 9.88 Å². The van der Waals surface area contributed by atoms with Crippen LogP contribution in [0.1, 0.15) is 36.7 Å². The standard InChI is InChI=1S/C17H21N3O2S/c1-12-5-7-13(8-6-12)15(22)20(17(2,3)4)11-14(21)19-16-18-9-10-23-16/h5-10H,11H2,1-4H3,(H,18,19,21). The Morgan fingerprint density at radius 1 is 1.22 bits per heavy atom. The van der Waals surface area contributed by atoms with Crippen molar-refractivity contribution < 1.29 is 9.59 Å². The number of nitrogens with zero attached hydrogens (tertiary/aromatic N) is 2. The fourth-order valence-corrected chi connectivity index (χ4v) is 2.60. The molecule has 0 saturated heterocycles. The largest absolute Gasteiger partial charge is 0.324 e. The lowest BCUT2D eigenvalue weighted by atomic mass is 10.0. The quantitative estimate of drug-likeness (QED) is 0.935. The third kappa shape index (κ3) is 4.63. The number of aryl methyl sites for hydroxylation is 1. The topological polar surface area (TPSA) is 62.3 Å². The van der Waals surface area contributed by atoms with Crippen LogP contribution in [-0.2, 0) is 4.79 Å². The molecule has 0 aliphatic heterocycles. The first kappa shape index (κ1) is 17.1. The predicted octanol–water partition coefficient (Wildman–Crippen LogP) is 3.33. The smallest absolute Gasteiger partial charge is 0.254 e. The monoisotopic (exact) mass is 331 g/mol. The number of nitrogens with one attached hydrogen (secondary N) is 1. The molecule has 5 nitrogen and oxygen atoms in total. The lowest BCUT2D eigenvalue weighted by Crippen LogP contribution is -2.49. The number of carbonyl (C=O) groups is 2. The molecule has 1 aromatic heterocycles. The van der Waals surface area contributed by atoms with Gasteiger partial charge in [-0.1, -0.05) is 17.7 Å². The molecule has 1 heterocycles. The highest BCUT2D eigenvalue weighted by atomic mass is 32.1. The molecule has 1 aromatic carbocycles. The normalized spacial score (nSPS) is 11.1. The summed E-state index contributed by atoms with van der Waals surface area (Å²) in [5.41, 5.74) is 1.19. The van der Waals surface area contributed by atoms with E-state index in [0.29, 0.717) is 10.7 Å². The van der Waals surface area contributed by atoms with Crippen molar-refractivity contribution in [3.8, 4) is 0 Å². The van der Waals surface area contributed by atoms with Crippen LogP contribution in [0.5, 0.6) is 0 Å². The Morgan fingerprint density at radius 2 is 1.87 bits per heavy atom. The van der Waals surface area contributed by atoms with Crippen molar-refractivity contribution in [2.45, 2.75) is 33.2 Å². The number of carbonyl (C=O) groups excluding carboxylic acids is 2. The highest BCUT2D eigenvalue weighted by molar-refractivity contribution is 7.13. The summed E-state index contributed by atoms with van der Waals surface area (Å²) in [6.07, 6.45) is 1.62. The second-order valence-electron chi connectivity index (χ2n) is 6.31. The van der Waals surface area contributed by atoms with Crippen LogP contribution < -0.4 is 5.32 Å². The van der Waals surface area contributed by atoms with Crippen molar-refractivity contribution in [2.24, 2.45) is 0 Å². The van der Waals surface area contributed by atoms with Gasteiger partial charge in [0.05, 0.1) is 0 Å². The maximum atomic E-state index is 12.8. The molecule has 0 fully saturated rings. The zero-order chi connectivity index (χ0) is 17.0. The summed E-state index contributed by atoms with van der Waals surface area (Å²) >= 11 is 1.35. The summed E-state index contributed by atoms with van der Waals surface area (Å²) in [4.78, 5) is 30.6. The molecule has 0 bridgehead atoms. The van der Waals surface area contributed by atoms with E-state index in [4.69, 9.17) is 0 Å². The molecule has 0 saturated carbocycles. The van der Waals surface area contributed by atoms with Gasteiger partial charge in [0, 0.05) is 22.7 Å². The van der Waals surface area contributed by atoms with Crippen molar-refractivity contribution in [3.05, 3.63) is 47.0 Å². The average Bonchev–Trinajstić information content (AvgIpc) is 2.96. The van der Waals surface area contributed by atoms with Crippen molar-refractivity contribution in [2.75, 3.05) is 11.9 Å². The molecule has 2 aromatic rings. The van der Waals surface area contributed by atoms with Gasteiger partial charge < -0.3 is 10.2 Å². The van der Waals surface area contributed by atoms with Gasteiger partial charge in [-0.3, -0.25) is 9.59 Å². The van der Waals surface area contributed by atoms with E-state index in [1.54, 1.807) is 28.6 Å². The molecule has 0 spiro atoms. The number of aromatic nitrogens is 1. The molecule has 0 radical (unpaired) electrons. The maximum Gasteiger partial charge on any atom is 0.254 e. The summed E-state index contributed by atoms with van der Waals surface area (Å²) in [5.74, 6) is -0.415. The molecular weight excluding hydrogens is 310 g/mol. The Balaban J connectivity index is 2.15. The number of amides is 2. The highest BCUT2D eigenvalue weighted by Gasteiger charge is 2.29. The Bertz CT molecular complexity index is 673. The third-order valence-corrected chi connectivity index (χ3v) is 4.02. The van der Waals surface area contributed by atoms with Gasteiger partial charge in [0.1, 0.15) is 6.54 Å². The van der Waals surface area contributed by atoms with Crippen LogP contribution >= 0.6 is 11.3 Å². The summed E-state index contributed by atoms with van der Waals surface area (Å²) in [6.45, 7) is 7.69. The second-order valence-corrected chi connectivity index (χ2v) is 7.21. The predicted molar refractivity (Wildman–Crippen MR) is 92.7 cm³/mol. The first-order valence-corrected chi connectivity index (χ1v) is 8.23. The van der Waals surface area contributed by atoms with E-state index in [9.17, 15) is 9.59 Å². The average molecular weight is 331 g/mol. The minimum Gasteiger partial charge on any atom is -0.324 e. The Kier molecular flexibility index (Phi) is 5.15. The summed E-state index contributed by atoms with van der Waals surface area (Å²) in [6, 6.07) is 7.36. The first-order chi connectivity index (χ1) is 10.8. The minimum atomic E-state index is -0.470. The van der Waals surface area contributed by atoms with Gasteiger partial charge in [0.15, 0.2) is 5.13 Å². The molecule has 122 valence electrons. The molecule has 0 unspecified atom stereocenters. The molecular formula is C17H21N3O2S. The fraction of sp³-hybridized carbons (Fsp3) is 0.353. The fourth-order valence-electron chi connectivity index (χ4n) is 2.05. The van der Waals surface area contributed by atoms with Crippen molar-refractivity contribution in [1.29, 1.82) is 0 Å². The van der Waals surface area contributed by atoms with Crippen molar-refractivity contribution >= 4 is 28.3 Å². The highest BCUT2D eigenvalue weighted by Crippen LogP contribution is 2.18. The molecule has 0 atom stereocenters. The van der Waals surface area contributed by atoms with E-state index in [2.05, 4.69) is 10.3 Å². The van der Waals surface area contributed by atoms with Crippen LogP contribution in [0.4, 0.5) is 5.13 Å². The number of thiazole rings is 1. The first-order valence-electron chi connectivity index (χ1n) is 7.35. The Morgan fingerprint density at radius 3 is 2.39 bits per heavy atom. The number of hydrogen-bond donors (Lipinski definition) is 1. The van der Waals surface area contributed by atoms with E-state index in [1.165, 1.54) is 11.3 Å². The second kappa shape index (κ2) is 6.91. The van der Waals surface area contributed by atoms with Gasteiger partial charge in [-0.05, 0) is 39.8 Å². The lowest BCUT2D eigenvalue weighted by molar-refractivity contribution is -0.117. The third-order valence-electron chi connectivity index (χ3n) is 3.33. The van der Waals surface area contributed by atoms with Gasteiger partial charge in [0.2, 0.25) is 5.91 Å². The van der Waals surface area contributed by atoms with E-state index in [1.807, 2.05) is 39.8 Å². The van der Waals surface area contributed by atoms with E-state index < -0.39 is 5.54 Å². The molecule has 2 rings (SSSR count). The van der Waals surface area contributed by atoms with Crippen LogP contribution in [0.15, 0.2) is 35.8 Å². The van der Waals surface area contributed by atoms with Crippen LogP contribution in [0.3, 0.4) is 0 Å². The SMILES string of the molecule is Cc1ccc(C(=O)N(CC(=O)Nc2nccs2)C(C)(C)C)cc1. The van der Waals surface area contributed by atoms with E-state index >= 15 is 0 Å². The van der Waals surface area contributed by atoms with Gasteiger partial charge in [-0.2, -0.15) is 0 Å². The maximum absolute atomic E-state index is 12.8. The molecule has 0 aliphatic rings. The van der Waals surface area contributed by atoms with Crippen LogP contribution in [0.2, 0.25) is 0 Å². The number of hydrogen-bond acceptors (Lipinski definition) is 4. The molecule has 6 heteroatoms. The van der Waals surface area contributed by atoms with Crippen LogP contribution in [0.25, 0.3) is 0 Å². The summed E-state index contributed by atoms with van der Waals surface area (Å²) in [7, 11) is 0. The number of rotatable bonds is 4. The molecule has 0 aliphatic carbocycles. The van der Waals surface area contributed by atoms with Crippen LogP contribution in [-0.4, -0.2) is 33.8 Å². The van der Waals surface area contributed by atoms with Gasteiger partial charge in [-0.25, -0.2) is 4.98 Å². The number of anilines is 1. The molecule has 23 heavy (non-hydrogen) atoms. The Labute approximate surface area is 140 Å². The zero-order valence-corrected chi connectivity index (χ0v) is 14.6.